The summed E-state index contributed by atoms with van der Waals surface area (Å²) in [5.74, 6) is 0.00368. The number of hydrogen-bond acceptors (Lipinski definition) is 6. The number of thiol groups is 1. The van der Waals surface area contributed by atoms with Gasteiger partial charge in [-0.25, -0.2) is 4.79 Å². The fourth-order valence-electron chi connectivity index (χ4n) is 3.91. The number of anilines is 1. The summed E-state index contributed by atoms with van der Waals surface area (Å²) in [5.41, 5.74) is 9.05. The van der Waals surface area contributed by atoms with Crippen LogP contribution in [-0.2, 0) is 9.53 Å². The summed E-state index contributed by atoms with van der Waals surface area (Å²) in [4.78, 5) is 25.8. The Morgan fingerprint density at radius 1 is 1.03 bits per heavy atom. The van der Waals surface area contributed by atoms with Gasteiger partial charge in [-0.2, -0.15) is 12.6 Å². The molecule has 3 aromatic rings. The van der Waals surface area contributed by atoms with Gasteiger partial charge < -0.3 is 21.1 Å². The third-order valence-corrected chi connectivity index (χ3v) is 6.11. The van der Waals surface area contributed by atoms with Gasteiger partial charge in [0.05, 0.1) is 7.11 Å². The normalized spacial score (nSPS) is 12.9. The summed E-state index contributed by atoms with van der Waals surface area (Å²) in [6.45, 7) is 4.56. The Labute approximate surface area is 206 Å². The largest absolute Gasteiger partial charge is 0.467 e. The molecule has 0 saturated carbocycles. The first-order valence-corrected chi connectivity index (χ1v) is 12.1. The number of ether oxygens (including phenoxy) is 1. The van der Waals surface area contributed by atoms with Gasteiger partial charge in [-0.1, -0.05) is 56.3 Å². The summed E-state index contributed by atoms with van der Waals surface area (Å²) in [6, 6.07) is 18.9. The van der Waals surface area contributed by atoms with Gasteiger partial charge in [0, 0.05) is 29.6 Å². The Morgan fingerprint density at radius 3 is 2.47 bits per heavy atom. The summed E-state index contributed by atoms with van der Waals surface area (Å²) in [7, 11) is 1.33. The second kappa shape index (κ2) is 11.9. The van der Waals surface area contributed by atoms with Crippen LogP contribution in [0.1, 0.15) is 30.6 Å². The van der Waals surface area contributed by atoms with E-state index in [-0.39, 0.29) is 17.9 Å². The summed E-state index contributed by atoms with van der Waals surface area (Å²) >= 11 is 4.25. The lowest BCUT2D eigenvalue weighted by Crippen LogP contribution is -2.42. The van der Waals surface area contributed by atoms with Crippen LogP contribution in [-0.4, -0.2) is 43.4 Å². The maximum Gasteiger partial charge on any atom is 0.328 e. The van der Waals surface area contributed by atoms with Crippen molar-refractivity contribution in [2.75, 3.05) is 24.7 Å². The lowest BCUT2D eigenvalue weighted by molar-refractivity contribution is -0.143. The molecule has 6 nitrogen and oxygen atoms in total. The average molecular weight is 480 g/mol. The number of rotatable bonds is 10. The zero-order chi connectivity index (χ0) is 24.7. The van der Waals surface area contributed by atoms with Crippen molar-refractivity contribution in [2.24, 2.45) is 11.7 Å². The molecule has 7 heteroatoms. The van der Waals surface area contributed by atoms with Crippen molar-refractivity contribution >= 4 is 41.0 Å². The fraction of sp³-hybridized carbons (Fsp3) is 0.333. The minimum atomic E-state index is -0.718. The second-order valence-electron chi connectivity index (χ2n) is 8.79. The zero-order valence-corrected chi connectivity index (χ0v) is 20.8. The highest BCUT2D eigenvalue weighted by atomic mass is 32.1. The van der Waals surface area contributed by atoms with Crippen molar-refractivity contribution < 1.29 is 14.3 Å². The second-order valence-corrected chi connectivity index (χ2v) is 9.15. The van der Waals surface area contributed by atoms with Crippen LogP contribution in [0.4, 0.5) is 5.69 Å². The molecule has 0 aliphatic rings. The van der Waals surface area contributed by atoms with Crippen LogP contribution in [0.15, 0.2) is 60.7 Å². The average Bonchev–Trinajstić information content (AvgIpc) is 2.85. The molecule has 3 rings (SSSR count). The Balaban J connectivity index is 2.05. The third-order valence-electron chi connectivity index (χ3n) is 5.65. The molecule has 0 bridgehead atoms. The van der Waals surface area contributed by atoms with Crippen molar-refractivity contribution in [3.63, 3.8) is 0 Å². The van der Waals surface area contributed by atoms with Crippen LogP contribution in [0.2, 0.25) is 0 Å². The van der Waals surface area contributed by atoms with E-state index in [1.165, 1.54) is 7.11 Å². The number of nitrogens with one attached hydrogen (secondary N) is 2. The van der Waals surface area contributed by atoms with Gasteiger partial charge in [-0.05, 0) is 52.4 Å². The molecule has 0 aromatic heterocycles. The van der Waals surface area contributed by atoms with Crippen molar-refractivity contribution in [3.05, 3.63) is 66.2 Å². The molecule has 0 aliphatic heterocycles. The van der Waals surface area contributed by atoms with Crippen LogP contribution in [0.5, 0.6) is 0 Å². The predicted molar refractivity (Wildman–Crippen MR) is 142 cm³/mol. The number of benzene rings is 3. The van der Waals surface area contributed by atoms with E-state index >= 15 is 0 Å². The molecule has 0 radical (unpaired) electrons. The Morgan fingerprint density at radius 2 is 1.76 bits per heavy atom. The molecular formula is C27H33N3O3S. The molecular weight excluding hydrogens is 446 g/mol. The van der Waals surface area contributed by atoms with Gasteiger partial charge >= 0.3 is 5.97 Å². The smallest absolute Gasteiger partial charge is 0.328 e. The van der Waals surface area contributed by atoms with E-state index in [2.05, 4.69) is 23.3 Å². The molecule has 1 amide bonds. The quantitative estimate of drug-likeness (QED) is 0.254. The van der Waals surface area contributed by atoms with Crippen LogP contribution >= 0.6 is 12.6 Å². The lowest BCUT2D eigenvalue weighted by atomic mass is 9.93. The molecule has 34 heavy (non-hydrogen) atoms. The number of carbonyl (C=O) groups excluding carboxylic acids is 2. The van der Waals surface area contributed by atoms with E-state index < -0.39 is 12.0 Å². The molecule has 0 heterocycles. The Hall–Kier alpha value is -3.03. The Kier molecular flexibility index (Phi) is 8.96. The van der Waals surface area contributed by atoms with E-state index in [0.717, 1.165) is 27.6 Å². The van der Waals surface area contributed by atoms with Gasteiger partial charge in [0.2, 0.25) is 0 Å². The highest BCUT2D eigenvalue weighted by Crippen LogP contribution is 2.33. The first kappa shape index (κ1) is 25.6. The van der Waals surface area contributed by atoms with Crippen molar-refractivity contribution in [3.8, 4) is 11.1 Å². The molecule has 0 aliphatic carbocycles. The fourth-order valence-corrected chi connectivity index (χ4v) is 4.04. The van der Waals surface area contributed by atoms with Crippen LogP contribution in [0.25, 0.3) is 21.9 Å². The first-order valence-electron chi connectivity index (χ1n) is 11.4. The van der Waals surface area contributed by atoms with Gasteiger partial charge in [0.15, 0.2) is 0 Å². The van der Waals surface area contributed by atoms with Gasteiger partial charge in [0.1, 0.15) is 6.04 Å². The molecule has 1 unspecified atom stereocenters. The molecule has 180 valence electrons. The molecule has 0 spiro atoms. The third kappa shape index (κ3) is 6.30. The lowest BCUT2D eigenvalue weighted by Gasteiger charge is -2.20. The maximum atomic E-state index is 13.4. The predicted octanol–water partition coefficient (Wildman–Crippen LogP) is 4.49. The molecule has 0 saturated heterocycles. The van der Waals surface area contributed by atoms with Gasteiger partial charge in [-0.15, -0.1) is 0 Å². The zero-order valence-electron chi connectivity index (χ0n) is 19.9. The minimum absolute atomic E-state index is 0.0934. The highest BCUT2D eigenvalue weighted by Gasteiger charge is 2.25. The number of hydrogen-bond donors (Lipinski definition) is 4. The van der Waals surface area contributed by atoms with E-state index in [0.29, 0.717) is 24.3 Å². The molecule has 4 N–H and O–H groups in total. The number of amides is 1. The minimum Gasteiger partial charge on any atom is -0.467 e. The summed E-state index contributed by atoms with van der Waals surface area (Å²) in [5, 5.41) is 8.34. The van der Waals surface area contributed by atoms with Gasteiger partial charge in [-0.3, -0.25) is 4.79 Å². The van der Waals surface area contributed by atoms with Crippen molar-refractivity contribution in [2.45, 2.75) is 32.4 Å². The van der Waals surface area contributed by atoms with Crippen LogP contribution in [0, 0.1) is 5.92 Å². The number of fused-ring (bicyclic) bond motifs is 1. The van der Waals surface area contributed by atoms with Crippen molar-refractivity contribution in [1.29, 1.82) is 0 Å². The van der Waals surface area contributed by atoms with E-state index in [9.17, 15) is 9.59 Å². The standard InChI is InChI=1S/C27H33N3O3S/c1-17(2)13-25(27(32)33-3)30-26(31)23-12-11-20(29-15-19(28)16-34)14-24(23)22-10-6-8-18-7-4-5-9-21(18)22/h4-12,14,17,19,25,29,34H,13,15-16,28H2,1-3H3,(H,30,31)/t19?,25-/m0/s1. The summed E-state index contributed by atoms with van der Waals surface area (Å²) in [6.07, 6.45) is 0.489. The van der Waals surface area contributed by atoms with Crippen LogP contribution in [0.3, 0.4) is 0 Å². The first-order chi connectivity index (χ1) is 16.3. The number of esters is 1. The van der Waals surface area contributed by atoms with Gasteiger partial charge in [0.25, 0.3) is 5.91 Å². The molecule has 3 aromatic carbocycles. The topological polar surface area (TPSA) is 93.4 Å². The van der Waals surface area contributed by atoms with E-state index in [4.69, 9.17) is 10.5 Å². The summed E-state index contributed by atoms with van der Waals surface area (Å²) < 4.78 is 4.92. The Bertz CT molecular complexity index is 1140. The highest BCUT2D eigenvalue weighted by molar-refractivity contribution is 7.80. The SMILES string of the molecule is COC(=O)[C@H](CC(C)C)NC(=O)c1ccc(NCC(N)CS)cc1-c1cccc2ccccc12. The number of methoxy groups -OCH3 is 1. The number of nitrogens with two attached hydrogens (primary N) is 1. The van der Waals surface area contributed by atoms with E-state index in [1.54, 1.807) is 6.07 Å². The maximum absolute atomic E-state index is 13.4. The molecule has 2 atom stereocenters. The number of carbonyl (C=O) groups is 2. The van der Waals surface area contributed by atoms with E-state index in [1.807, 2.05) is 68.4 Å². The monoisotopic (exact) mass is 479 g/mol. The van der Waals surface area contributed by atoms with Crippen molar-refractivity contribution in [1.82, 2.24) is 5.32 Å². The van der Waals surface area contributed by atoms with Crippen LogP contribution < -0.4 is 16.4 Å². The molecule has 0 fully saturated rings.